The van der Waals surface area contributed by atoms with Gasteiger partial charge in [0.1, 0.15) is 0 Å². The minimum Gasteiger partial charge on any atom is -0.347 e. The van der Waals surface area contributed by atoms with Gasteiger partial charge in [-0.25, -0.2) is 0 Å². The Bertz CT molecular complexity index is 412. The van der Waals surface area contributed by atoms with E-state index < -0.39 is 0 Å². The highest BCUT2D eigenvalue weighted by Crippen LogP contribution is 2.40. The van der Waals surface area contributed by atoms with Crippen LogP contribution in [0.15, 0.2) is 24.4 Å². The molecule has 1 heterocycles. The first-order chi connectivity index (χ1) is 7.39. The monoisotopic (exact) mass is 218 g/mol. The highest BCUT2D eigenvalue weighted by atomic mass is 15.0. The molecule has 0 spiro atoms. The molecule has 2 nitrogen and oxygen atoms in total. The zero-order valence-electron chi connectivity index (χ0n) is 10.6. The van der Waals surface area contributed by atoms with E-state index >= 15 is 0 Å². The van der Waals surface area contributed by atoms with E-state index in [1.165, 1.54) is 16.8 Å². The molecule has 1 aliphatic rings. The molecule has 0 saturated carbocycles. The Morgan fingerprint density at radius 3 is 2.94 bits per heavy atom. The second kappa shape index (κ2) is 3.77. The number of nitrogens with two attached hydrogens (primary N) is 1. The molecule has 0 amide bonds. The summed E-state index contributed by atoms with van der Waals surface area (Å²) in [6.07, 6.45) is 4.36. The smallest absolute Gasteiger partial charge is 0.0427 e. The molecule has 1 aliphatic carbocycles. The summed E-state index contributed by atoms with van der Waals surface area (Å²) < 4.78 is 2.30. The third-order valence-corrected chi connectivity index (χ3v) is 3.37. The Balaban J connectivity index is 2.37. The predicted molar refractivity (Wildman–Crippen MR) is 68.3 cm³/mol. The molecule has 1 unspecified atom stereocenters. The van der Waals surface area contributed by atoms with Crippen molar-refractivity contribution in [1.82, 2.24) is 4.57 Å². The SMILES string of the molecule is C=C(C)Cn1ccc2c1CC(C)(C)CC2N. The standard InChI is InChI=1S/C14H22N2/c1-10(2)9-16-6-5-11-12(15)7-14(3,4)8-13(11)16/h5-6,12H,1,7-9,15H2,2-4H3. The van der Waals surface area contributed by atoms with Crippen LogP contribution in [0.25, 0.3) is 0 Å². The fraction of sp³-hybridized carbons (Fsp3) is 0.571. The van der Waals surface area contributed by atoms with Crippen LogP contribution in [0, 0.1) is 5.41 Å². The molecule has 2 heteroatoms. The first-order valence-electron chi connectivity index (χ1n) is 5.97. The highest BCUT2D eigenvalue weighted by Gasteiger charge is 2.32. The van der Waals surface area contributed by atoms with Gasteiger partial charge in [-0.15, -0.1) is 0 Å². The van der Waals surface area contributed by atoms with Crippen LogP contribution in [-0.4, -0.2) is 4.57 Å². The van der Waals surface area contributed by atoms with Crippen LogP contribution < -0.4 is 5.73 Å². The van der Waals surface area contributed by atoms with Crippen LogP contribution in [0.1, 0.15) is 44.5 Å². The molecule has 2 rings (SSSR count). The lowest BCUT2D eigenvalue weighted by Gasteiger charge is -2.34. The predicted octanol–water partition coefficient (Wildman–Crippen LogP) is 3.04. The van der Waals surface area contributed by atoms with E-state index in [1.807, 2.05) is 0 Å². The van der Waals surface area contributed by atoms with E-state index in [0.717, 1.165) is 19.4 Å². The molecule has 16 heavy (non-hydrogen) atoms. The summed E-state index contributed by atoms with van der Waals surface area (Å²) in [5.74, 6) is 0. The molecular weight excluding hydrogens is 196 g/mol. The number of rotatable bonds is 2. The molecule has 0 radical (unpaired) electrons. The van der Waals surface area contributed by atoms with Crippen molar-refractivity contribution in [1.29, 1.82) is 0 Å². The molecule has 0 fully saturated rings. The van der Waals surface area contributed by atoms with Gasteiger partial charge in [0.15, 0.2) is 0 Å². The molecule has 1 atom stereocenters. The molecule has 88 valence electrons. The number of nitrogens with zero attached hydrogens (tertiary/aromatic N) is 1. The molecule has 0 bridgehead atoms. The van der Waals surface area contributed by atoms with Crippen molar-refractivity contribution in [3.8, 4) is 0 Å². The number of hydrogen-bond acceptors (Lipinski definition) is 1. The van der Waals surface area contributed by atoms with Crippen molar-refractivity contribution in [2.45, 2.75) is 46.2 Å². The normalized spacial score (nSPS) is 22.9. The van der Waals surface area contributed by atoms with E-state index in [2.05, 4.69) is 44.2 Å². The maximum atomic E-state index is 6.23. The molecule has 1 aromatic heterocycles. The average Bonchev–Trinajstić information content (AvgIpc) is 2.45. The van der Waals surface area contributed by atoms with Crippen molar-refractivity contribution >= 4 is 0 Å². The number of allylic oxidation sites excluding steroid dienone is 1. The van der Waals surface area contributed by atoms with Crippen molar-refractivity contribution in [2.24, 2.45) is 11.1 Å². The van der Waals surface area contributed by atoms with Gasteiger partial charge in [-0.05, 0) is 36.8 Å². The Morgan fingerprint density at radius 1 is 1.62 bits per heavy atom. The zero-order valence-corrected chi connectivity index (χ0v) is 10.6. The van der Waals surface area contributed by atoms with Crippen LogP contribution in [0.2, 0.25) is 0 Å². The van der Waals surface area contributed by atoms with E-state index in [1.54, 1.807) is 0 Å². The van der Waals surface area contributed by atoms with Crippen LogP contribution in [0.4, 0.5) is 0 Å². The fourth-order valence-corrected chi connectivity index (χ4v) is 2.73. The lowest BCUT2D eigenvalue weighted by atomic mass is 9.74. The molecular formula is C14H22N2. The molecule has 0 aliphatic heterocycles. The van der Waals surface area contributed by atoms with E-state index in [4.69, 9.17) is 5.73 Å². The van der Waals surface area contributed by atoms with Gasteiger partial charge in [-0.1, -0.05) is 26.0 Å². The largest absolute Gasteiger partial charge is 0.347 e. The van der Waals surface area contributed by atoms with Gasteiger partial charge < -0.3 is 10.3 Å². The summed E-state index contributed by atoms with van der Waals surface area (Å²) in [6, 6.07) is 2.38. The van der Waals surface area contributed by atoms with Gasteiger partial charge in [0.25, 0.3) is 0 Å². The lowest BCUT2D eigenvalue weighted by molar-refractivity contribution is 0.276. The van der Waals surface area contributed by atoms with Crippen LogP contribution in [0.3, 0.4) is 0 Å². The maximum Gasteiger partial charge on any atom is 0.0427 e. The fourth-order valence-electron chi connectivity index (χ4n) is 2.73. The Hall–Kier alpha value is -1.02. The van der Waals surface area contributed by atoms with Gasteiger partial charge in [0.2, 0.25) is 0 Å². The van der Waals surface area contributed by atoms with E-state index in [0.29, 0.717) is 5.41 Å². The second-order valence-electron chi connectivity index (χ2n) is 5.95. The third-order valence-electron chi connectivity index (χ3n) is 3.37. The Kier molecular flexibility index (Phi) is 2.70. The van der Waals surface area contributed by atoms with E-state index in [9.17, 15) is 0 Å². The third kappa shape index (κ3) is 2.07. The summed E-state index contributed by atoms with van der Waals surface area (Å²) in [4.78, 5) is 0. The van der Waals surface area contributed by atoms with Crippen molar-refractivity contribution in [3.05, 3.63) is 35.7 Å². The molecule has 1 aromatic rings. The van der Waals surface area contributed by atoms with Crippen LogP contribution in [-0.2, 0) is 13.0 Å². The number of aromatic nitrogens is 1. The Labute approximate surface area is 98.1 Å². The van der Waals surface area contributed by atoms with Crippen LogP contribution in [0.5, 0.6) is 0 Å². The topological polar surface area (TPSA) is 30.9 Å². The van der Waals surface area contributed by atoms with Gasteiger partial charge >= 0.3 is 0 Å². The van der Waals surface area contributed by atoms with Gasteiger partial charge in [-0.3, -0.25) is 0 Å². The molecule has 0 saturated heterocycles. The van der Waals surface area contributed by atoms with Gasteiger partial charge in [0, 0.05) is 24.5 Å². The van der Waals surface area contributed by atoms with Crippen molar-refractivity contribution < 1.29 is 0 Å². The Morgan fingerprint density at radius 2 is 2.31 bits per heavy atom. The van der Waals surface area contributed by atoms with Crippen LogP contribution >= 0.6 is 0 Å². The second-order valence-corrected chi connectivity index (χ2v) is 5.95. The first-order valence-corrected chi connectivity index (χ1v) is 5.97. The molecule has 2 N–H and O–H groups in total. The average molecular weight is 218 g/mol. The molecule has 0 aromatic carbocycles. The zero-order chi connectivity index (χ0) is 11.9. The summed E-state index contributed by atoms with van der Waals surface area (Å²) in [5.41, 5.74) is 10.5. The summed E-state index contributed by atoms with van der Waals surface area (Å²) in [6.45, 7) is 11.6. The summed E-state index contributed by atoms with van der Waals surface area (Å²) >= 11 is 0. The quantitative estimate of drug-likeness (QED) is 0.760. The van der Waals surface area contributed by atoms with Gasteiger partial charge in [-0.2, -0.15) is 0 Å². The first kappa shape index (κ1) is 11.5. The van der Waals surface area contributed by atoms with Gasteiger partial charge in [0.05, 0.1) is 0 Å². The number of hydrogen-bond donors (Lipinski definition) is 1. The number of fused-ring (bicyclic) bond motifs is 1. The van der Waals surface area contributed by atoms with E-state index in [-0.39, 0.29) is 6.04 Å². The van der Waals surface area contributed by atoms with Crippen molar-refractivity contribution in [3.63, 3.8) is 0 Å². The van der Waals surface area contributed by atoms with Crippen molar-refractivity contribution in [2.75, 3.05) is 0 Å². The highest BCUT2D eigenvalue weighted by molar-refractivity contribution is 5.30. The lowest BCUT2D eigenvalue weighted by Crippen LogP contribution is -2.30. The minimum atomic E-state index is 0.199. The summed E-state index contributed by atoms with van der Waals surface area (Å²) in [7, 11) is 0. The maximum absolute atomic E-state index is 6.23. The minimum absolute atomic E-state index is 0.199. The summed E-state index contributed by atoms with van der Waals surface area (Å²) in [5, 5.41) is 0.